The summed E-state index contributed by atoms with van der Waals surface area (Å²) in [4.78, 5) is 9.81. The molecule has 0 unspecified atom stereocenters. The third kappa shape index (κ3) is 5.31. The van der Waals surface area contributed by atoms with E-state index in [9.17, 15) is 0 Å². The fourth-order valence-electron chi connectivity index (χ4n) is 7.83. The van der Waals surface area contributed by atoms with Crippen LogP contribution in [0.3, 0.4) is 0 Å². The summed E-state index contributed by atoms with van der Waals surface area (Å²) in [7, 11) is 0. The topological polar surface area (TPSA) is 35.6 Å². The highest BCUT2D eigenvalue weighted by Gasteiger charge is 2.19. The number of allylic oxidation sites excluding steroid dienone is 6. The van der Waals surface area contributed by atoms with Crippen molar-refractivity contribution in [1.82, 2.24) is 19.1 Å². The lowest BCUT2D eigenvalue weighted by atomic mass is 9.98. The van der Waals surface area contributed by atoms with Crippen LogP contribution in [-0.2, 0) is 6.42 Å². The number of rotatable bonds is 4. The highest BCUT2D eigenvalue weighted by molar-refractivity contribution is 6.10. The summed E-state index contributed by atoms with van der Waals surface area (Å²) < 4.78 is 4.55. The zero-order valence-electron chi connectivity index (χ0n) is 29.0. The molecule has 0 saturated heterocycles. The summed E-state index contributed by atoms with van der Waals surface area (Å²) in [5, 5.41) is 4.66. The van der Waals surface area contributed by atoms with Gasteiger partial charge in [0.25, 0.3) is 0 Å². The summed E-state index contributed by atoms with van der Waals surface area (Å²) in [6, 6.07) is 51.6. The molecule has 10 rings (SSSR count). The Hall–Kier alpha value is -7.04. The van der Waals surface area contributed by atoms with E-state index in [1.807, 2.05) is 30.5 Å². The minimum atomic E-state index is 0.660. The van der Waals surface area contributed by atoms with Crippen molar-refractivity contribution < 1.29 is 0 Å². The third-order valence-electron chi connectivity index (χ3n) is 10.4. The van der Waals surface area contributed by atoms with Crippen molar-refractivity contribution in [3.05, 3.63) is 205 Å². The highest BCUT2D eigenvalue weighted by atomic mass is 15.2. The molecule has 0 fully saturated rings. The molecule has 0 aliphatic heterocycles. The van der Waals surface area contributed by atoms with Gasteiger partial charge in [0.2, 0.25) is 5.95 Å². The molecule has 9 aromatic rings. The summed E-state index contributed by atoms with van der Waals surface area (Å²) in [6.45, 7) is 4.48. The molecule has 0 spiro atoms. The van der Waals surface area contributed by atoms with E-state index in [4.69, 9.17) is 9.97 Å². The van der Waals surface area contributed by atoms with Gasteiger partial charge in [0.05, 0.1) is 27.8 Å². The predicted octanol–water partition coefficient (Wildman–Crippen LogP) is 12.1. The Balaban J connectivity index is 1.05. The Morgan fingerprint density at radius 3 is 2.08 bits per heavy atom. The second-order valence-electron chi connectivity index (χ2n) is 13.6. The van der Waals surface area contributed by atoms with Gasteiger partial charge >= 0.3 is 0 Å². The first kappa shape index (κ1) is 30.8. The quantitative estimate of drug-likeness (QED) is 0.186. The Morgan fingerprint density at radius 1 is 0.547 bits per heavy atom. The Labute approximate surface area is 307 Å². The molecule has 250 valence electrons. The Morgan fingerprint density at radius 2 is 1.23 bits per heavy atom. The summed E-state index contributed by atoms with van der Waals surface area (Å²) >= 11 is 0. The van der Waals surface area contributed by atoms with E-state index in [1.54, 1.807) is 0 Å². The second kappa shape index (κ2) is 12.6. The van der Waals surface area contributed by atoms with Crippen LogP contribution in [0.4, 0.5) is 0 Å². The van der Waals surface area contributed by atoms with Crippen LogP contribution in [0.1, 0.15) is 16.8 Å². The van der Waals surface area contributed by atoms with Gasteiger partial charge in [-0.25, -0.2) is 9.97 Å². The maximum absolute atomic E-state index is 4.99. The van der Waals surface area contributed by atoms with Crippen LogP contribution in [0.15, 0.2) is 188 Å². The predicted molar refractivity (Wildman–Crippen MR) is 222 cm³/mol. The average molecular weight is 679 g/mol. The standard InChI is InChI=1S/C49H34N4/c1-33-22-28-47-41(40-16-6-10-21-46(40)53(47)49-50-32-38-14-5-8-19-44(38)51-49)18-11-15-36(30-33)37-25-29-48-43(31-37)42-17-7-9-20-45(42)52(48)39-26-23-35(24-27-39)34-12-3-2-4-13-34/h2-17,19-32H,1,18H2/b15-11-,28-22-,36-30?. The third-order valence-corrected chi connectivity index (χ3v) is 10.4. The van der Waals surface area contributed by atoms with Crippen LogP contribution in [0.25, 0.3) is 78.0 Å². The van der Waals surface area contributed by atoms with E-state index < -0.39 is 0 Å². The molecule has 4 nitrogen and oxygen atoms in total. The van der Waals surface area contributed by atoms with Crippen molar-refractivity contribution in [1.29, 1.82) is 0 Å². The highest BCUT2D eigenvalue weighted by Crippen LogP contribution is 2.36. The molecule has 0 amide bonds. The van der Waals surface area contributed by atoms with E-state index in [2.05, 4.69) is 167 Å². The summed E-state index contributed by atoms with van der Waals surface area (Å²) in [5.41, 5.74) is 13.4. The van der Waals surface area contributed by atoms with E-state index in [1.165, 1.54) is 43.9 Å². The van der Waals surface area contributed by atoms with E-state index in [0.717, 1.165) is 50.9 Å². The molecule has 4 heteroatoms. The van der Waals surface area contributed by atoms with Crippen LogP contribution >= 0.6 is 0 Å². The van der Waals surface area contributed by atoms with Gasteiger partial charge in [0, 0.05) is 33.4 Å². The molecule has 3 aromatic heterocycles. The SMILES string of the molecule is C=C1C=C(c2ccc3c(c2)c2ccccc2n3-c2ccc(-c3ccccc3)cc2)/C=C\Cc2c(n(-c3ncc4ccccc4n3)c3ccccc23)/C=C\1. The van der Waals surface area contributed by atoms with E-state index in [-0.39, 0.29) is 0 Å². The van der Waals surface area contributed by atoms with Crippen molar-refractivity contribution >= 4 is 55.3 Å². The lowest BCUT2D eigenvalue weighted by Gasteiger charge is -2.11. The summed E-state index contributed by atoms with van der Waals surface area (Å²) in [6.07, 6.45) is 13.6. The zero-order valence-corrected chi connectivity index (χ0v) is 29.0. The van der Waals surface area contributed by atoms with Crippen molar-refractivity contribution in [2.45, 2.75) is 6.42 Å². The first-order chi connectivity index (χ1) is 26.2. The number of hydrogen-bond donors (Lipinski definition) is 0. The van der Waals surface area contributed by atoms with Crippen molar-refractivity contribution in [3.8, 4) is 22.8 Å². The smallest absolute Gasteiger partial charge is 0.235 e. The molecular formula is C49H34N4. The number of hydrogen-bond acceptors (Lipinski definition) is 2. The van der Waals surface area contributed by atoms with Gasteiger partial charge in [-0.15, -0.1) is 0 Å². The van der Waals surface area contributed by atoms with Gasteiger partial charge in [-0.1, -0.05) is 128 Å². The fraction of sp³-hybridized carbons (Fsp3) is 0.0204. The van der Waals surface area contributed by atoms with Crippen molar-refractivity contribution in [2.75, 3.05) is 0 Å². The van der Waals surface area contributed by atoms with Crippen molar-refractivity contribution in [2.24, 2.45) is 0 Å². The van der Waals surface area contributed by atoms with Gasteiger partial charge in [-0.05, 0) is 94.4 Å². The molecule has 1 aliphatic rings. The van der Waals surface area contributed by atoms with E-state index in [0.29, 0.717) is 5.95 Å². The monoisotopic (exact) mass is 678 g/mol. The fourth-order valence-corrected chi connectivity index (χ4v) is 7.83. The largest absolute Gasteiger partial charge is 0.309 e. The molecule has 6 aromatic carbocycles. The molecular weight excluding hydrogens is 645 g/mol. The van der Waals surface area contributed by atoms with Gasteiger partial charge in [-0.2, -0.15) is 0 Å². The molecule has 0 atom stereocenters. The molecule has 0 bridgehead atoms. The van der Waals surface area contributed by atoms with Crippen molar-refractivity contribution in [3.63, 3.8) is 0 Å². The molecule has 1 aliphatic carbocycles. The van der Waals surface area contributed by atoms with Gasteiger partial charge < -0.3 is 4.57 Å². The normalized spacial score (nSPS) is 14.4. The Kier molecular flexibility index (Phi) is 7.33. The molecule has 0 N–H and O–H groups in total. The van der Waals surface area contributed by atoms with Crippen LogP contribution in [0.5, 0.6) is 0 Å². The van der Waals surface area contributed by atoms with E-state index >= 15 is 0 Å². The lowest BCUT2D eigenvalue weighted by Crippen LogP contribution is -2.04. The van der Waals surface area contributed by atoms with Gasteiger partial charge in [0.15, 0.2) is 0 Å². The average Bonchev–Trinajstić information content (AvgIpc) is 3.72. The maximum atomic E-state index is 4.99. The lowest BCUT2D eigenvalue weighted by molar-refractivity contribution is 0.963. The number of para-hydroxylation sites is 3. The Bertz CT molecular complexity index is 2970. The summed E-state index contributed by atoms with van der Waals surface area (Å²) in [5.74, 6) is 0.660. The van der Waals surface area contributed by atoms with Gasteiger partial charge in [0.1, 0.15) is 0 Å². The maximum Gasteiger partial charge on any atom is 0.235 e. The number of fused-ring (bicyclic) bond motifs is 7. The number of aromatic nitrogens is 4. The van der Waals surface area contributed by atoms with Gasteiger partial charge in [-0.3, -0.25) is 4.57 Å². The molecule has 3 heterocycles. The second-order valence-corrected chi connectivity index (χ2v) is 13.6. The first-order valence-electron chi connectivity index (χ1n) is 18.0. The minimum Gasteiger partial charge on any atom is -0.309 e. The molecule has 0 saturated carbocycles. The minimum absolute atomic E-state index is 0.660. The van der Waals surface area contributed by atoms with Crippen LogP contribution < -0.4 is 0 Å². The number of nitrogens with zero attached hydrogens (tertiary/aromatic N) is 4. The van der Waals surface area contributed by atoms with Crippen LogP contribution in [0, 0.1) is 0 Å². The van der Waals surface area contributed by atoms with Crippen LogP contribution in [0.2, 0.25) is 0 Å². The van der Waals surface area contributed by atoms with Crippen LogP contribution in [-0.4, -0.2) is 19.1 Å². The molecule has 0 radical (unpaired) electrons. The first-order valence-corrected chi connectivity index (χ1v) is 18.0. The zero-order chi connectivity index (χ0) is 35.3. The molecule has 53 heavy (non-hydrogen) atoms. The number of benzene rings is 6.